The van der Waals surface area contributed by atoms with Gasteiger partial charge in [0, 0.05) is 6.20 Å². The van der Waals surface area contributed by atoms with E-state index in [9.17, 15) is 4.79 Å². The molecular weight excluding hydrogens is 154 g/mol. The van der Waals surface area contributed by atoms with Gasteiger partial charge in [-0.25, -0.2) is 0 Å². The lowest BCUT2D eigenvalue weighted by atomic mass is 10.4. The Labute approximate surface area is 70.6 Å². The molecule has 1 aromatic heterocycles. The topological polar surface area (TPSA) is 31.2 Å². The molecule has 0 aromatic carbocycles. The summed E-state index contributed by atoms with van der Waals surface area (Å²) in [7, 11) is 1.46. The zero-order valence-corrected chi connectivity index (χ0v) is 6.78. The first-order chi connectivity index (χ1) is 5.79. The highest BCUT2D eigenvalue weighted by atomic mass is 16.5. The highest BCUT2D eigenvalue weighted by molar-refractivity contribution is 5.17. The van der Waals surface area contributed by atoms with Crippen LogP contribution in [-0.4, -0.2) is 11.7 Å². The first kappa shape index (κ1) is 8.41. The van der Waals surface area contributed by atoms with Gasteiger partial charge >= 0.3 is 0 Å². The lowest BCUT2D eigenvalue weighted by molar-refractivity contribution is 0.404. The molecule has 1 heterocycles. The maximum Gasteiger partial charge on any atom is 0.293 e. The van der Waals surface area contributed by atoms with E-state index in [1.54, 1.807) is 18.3 Å². The standard InChI is InChI=1S/C9H9NO2/c1-3-6-10-7-4-5-8(12-2)9(10)11/h1,4-5,7H,6H2,2H3. The van der Waals surface area contributed by atoms with E-state index in [1.807, 2.05) is 0 Å². The molecular formula is C9H9NO2. The van der Waals surface area contributed by atoms with Crippen molar-refractivity contribution in [2.24, 2.45) is 0 Å². The van der Waals surface area contributed by atoms with E-state index in [0.29, 0.717) is 5.75 Å². The highest BCUT2D eigenvalue weighted by Crippen LogP contribution is 1.99. The molecule has 0 unspecified atom stereocenters. The van der Waals surface area contributed by atoms with Crippen LogP contribution in [0.2, 0.25) is 0 Å². The SMILES string of the molecule is C#CCn1cccc(OC)c1=O. The molecule has 1 aromatic rings. The zero-order chi connectivity index (χ0) is 8.97. The molecule has 0 spiro atoms. The summed E-state index contributed by atoms with van der Waals surface area (Å²) in [5, 5.41) is 0. The Morgan fingerprint density at radius 1 is 1.75 bits per heavy atom. The molecule has 62 valence electrons. The number of rotatable bonds is 2. The van der Waals surface area contributed by atoms with Crippen molar-refractivity contribution in [2.45, 2.75) is 6.54 Å². The molecule has 0 aliphatic heterocycles. The molecule has 0 aliphatic carbocycles. The van der Waals surface area contributed by atoms with E-state index in [2.05, 4.69) is 5.92 Å². The zero-order valence-electron chi connectivity index (χ0n) is 6.78. The predicted octanol–water partition coefficient (Wildman–Crippen LogP) is 0.490. The molecule has 0 amide bonds. The summed E-state index contributed by atoms with van der Waals surface area (Å²) in [5.41, 5.74) is -0.196. The summed E-state index contributed by atoms with van der Waals surface area (Å²) in [4.78, 5) is 11.3. The molecule has 12 heavy (non-hydrogen) atoms. The molecule has 0 atom stereocenters. The lowest BCUT2D eigenvalue weighted by Gasteiger charge is -2.02. The van der Waals surface area contributed by atoms with Crippen molar-refractivity contribution in [1.82, 2.24) is 4.57 Å². The number of hydrogen-bond acceptors (Lipinski definition) is 2. The molecule has 0 bridgehead atoms. The van der Waals surface area contributed by atoms with Crippen molar-refractivity contribution in [2.75, 3.05) is 7.11 Å². The van der Waals surface area contributed by atoms with Crippen LogP contribution in [0.15, 0.2) is 23.1 Å². The molecule has 1 rings (SSSR count). The molecule has 0 radical (unpaired) electrons. The van der Waals surface area contributed by atoms with E-state index in [4.69, 9.17) is 11.2 Å². The van der Waals surface area contributed by atoms with Crippen LogP contribution >= 0.6 is 0 Å². The van der Waals surface area contributed by atoms with Gasteiger partial charge in [0.2, 0.25) is 0 Å². The van der Waals surface area contributed by atoms with Crippen molar-refractivity contribution in [3.63, 3.8) is 0 Å². The second kappa shape index (κ2) is 3.63. The highest BCUT2D eigenvalue weighted by Gasteiger charge is 1.99. The molecule has 0 N–H and O–H groups in total. The van der Waals surface area contributed by atoms with Gasteiger partial charge in [-0.15, -0.1) is 6.42 Å². The van der Waals surface area contributed by atoms with Crippen molar-refractivity contribution in [3.8, 4) is 18.1 Å². The monoisotopic (exact) mass is 163 g/mol. The number of pyridine rings is 1. The number of terminal acetylenes is 1. The fourth-order valence-electron chi connectivity index (χ4n) is 0.893. The maximum atomic E-state index is 11.3. The van der Waals surface area contributed by atoms with E-state index in [-0.39, 0.29) is 12.1 Å². The van der Waals surface area contributed by atoms with Crippen LogP contribution in [0.1, 0.15) is 0 Å². The Bertz CT molecular complexity index is 360. The first-order valence-electron chi connectivity index (χ1n) is 3.46. The third-order valence-corrected chi connectivity index (χ3v) is 1.47. The molecule has 0 fully saturated rings. The van der Waals surface area contributed by atoms with Gasteiger partial charge in [0.25, 0.3) is 5.56 Å². The number of hydrogen-bond donors (Lipinski definition) is 0. The summed E-state index contributed by atoms with van der Waals surface area (Å²) < 4.78 is 6.25. The Morgan fingerprint density at radius 2 is 2.50 bits per heavy atom. The summed E-state index contributed by atoms with van der Waals surface area (Å²) >= 11 is 0. The van der Waals surface area contributed by atoms with Crippen molar-refractivity contribution < 1.29 is 4.74 Å². The van der Waals surface area contributed by atoms with Gasteiger partial charge in [0.1, 0.15) is 0 Å². The molecule has 0 saturated carbocycles. The minimum atomic E-state index is -0.196. The molecule has 3 nitrogen and oxygen atoms in total. The maximum absolute atomic E-state index is 11.3. The van der Waals surface area contributed by atoms with E-state index < -0.39 is 0 Å². The summed E-state index contributed by atoms with van der Waals surface area (Å²) in [6.45, 7) is 0.274. The van der Waals surface area contributed by atoms with Gasteiger partial charge in [-0.3, -0.25) is 4.79 Å². The number of aromatic nitrogens is 1. The first-order valence-corrected chi connectivity index (χ1v) is 3.46. The predicted molar refractivity (Wildman–Crippen MR) is 46.1 cm³/mol. The third kappa shape index (κ3) is 1.48. The van der Waals surface area contributed by atoms with Crippen LogP contribution in [-0.2, 0) is 6.54 Å². The second-order valence-corrected chi connectivity index (χ2v) is 2.21. The van der Waals surface area contributed by atoms with Gasteiger partial charge in [0.15, 0.2) is 5.75 Å². The summed E-state index contributed by atoms with van der Waals surface area (Å²) in [6.07, 6.45) is 6.70. The second-order valence-electron chi connectivity index (χ2n) is 2.21. The normalized spacial score (nSPS) is 9.00. The van der Waals surface area contributed by atoms with Crippen LogP contribution in [0.5, 0.6) is 5.75 Å². The van der Waals surface area contributed by atoms with Crippen molar-refractivity contribution in [3.05, 3.63) is 28.7 Å². The van der Waals surface area contributed by atoms with Gasteiger partial charge in [-0.1, -0.05) is 5.92 Å². The number of ether oxygens (including phenoxy) is 1. The van der Waals surface area contributed by atoms with Gasteiger partial charge in [0.05, 0.1) is 13.7 Å². The largest absolute Gasteiger partial charge is 0.491 e. The van der Waals surface area contributed by atoms with Gasteiger partial charge < -0.3 is 9.30 Å². The van der Waals surface area contributed by atoms with Crippen molar-refractivity contribution in [1.29, 1.82) is 0 Å². The molecule has 0 saturated heterocycles. The Balaban J connectivity index is 3.16. The van der Waals surface area contributed by atoms with Crippen molar-refractivity contribution >= 4 is 0 Å². The molecule has 0 aliphatic rings. The minimum Gasteiger partial charge on any atom is -0.491 e. The quantitative estimate of drug-likeness (QED) is 0.594. The summed E-state index contributed by atoms with van der Waals surface area (Å²) in [6, 6.07) is 3.33. The summed E-state index contributed by atoms with van der Waals surface area (Å²) in [5.74, 6) is 2.70. The van der Waals surface area contributed by atoms with Gasteiger partial charge in [-0.2, -0.15) is 0 Å². The molecule has 3 heteroatoms. The van der Waals surface area contributed by atoms with Crippen LogP contribution in [0.3, 0.4) is 0 Å². The van der Waals surface area contributed by atoms with Crippen LogP contribution in [0, 0.1) is 12.3 Å². The van der Waals surface area contributed by atoms with E-state index >= 15 is 0 Å². The fraction of sp³-hybridized carbons (Fsp3) is 0.222. The average Bonchev–Trinajstić information content (AvgIpc) is 2.09. The Morgan fingerprint density at radius 3 is 3.08 bits per heavy atom. The smallest absolute Gasteiger partial charge is 0.293 e. The lowest BCUT2D eigenvalue weighted by Crippen LogP contribution is -2.19. The Kier molecular flexibility index (Phi) is 2.54. The van der Waals surface area contributed by atoms with Gasteiger partial charge in [-0.05, 0) is 12.1 Å². The Hall–Kier alpha value is -1.69. The minimum absolute atomic E-state index is 0.196. The number of methoxy groups -OCH3 is 1. The van der Waals surface area contributed by atoms with Crippen LogP contribution < -0.4 is 10.3 Å². The average molecular weight is 163 g/mol. The third-order valence-electron chi connectivity index (χ3n) is 1.47. The van der Waals surface area contributed by atoms with E-state index in [1.165, 1.54) is 11.7 Å². The van der Waals surface area contributed by atoms with Crippen LogP contribution in [0.25, 0.3) is 0 Å². The fourth-order valence-corrected chi connectivity index (χ4v) is 0.893. The van der Waals surface area contributed by atoms with E-state index in [0.717, 1.165) is 0 Å². The number of nitrogens with zero attached hydrogens (tertiary/aromatic N) is 1. The van der Waals surface area contributed by atoms with Crippen LogP contribution in [0.4, 0.5) is 0 Å².